The van der Waals surface area contributed by atoms with Crippen molar-refractivity contribution in [3.8, 4) is 0 Å². The standard InChI is InChI=1S/C11H19NO2/c1-2-14-10(13)9-11(7-8-12-9)5-3-4-6-11/h9,12H,2-8H2,1H3. The molecule has 1 spiro atoms. The van der Waals surface area contributed by atoms with Crippen LogP contribution in [-0.2, 0) is 9.53 Å². The van der Waals surface area contributed by atoms with Crippen LogP contribution in [0.1, 0.15) is 39.0 Å². The predicted molar refractivity (Wildman–Crippen MR) is 53.9 cm³/mol. The summed E-state index contributed by atoms with van der Waals surface area (Å²) < 4.78 is 5.11. The molecule has 0 aromatic rings. The second kappa shape index (κ2) is 3.89. The molecule has 0 amide bonds. The molecule has 2 rings (SSSR count). The van der Waals surface area contributed by atoms with E-state index in [-0.39, 0.29) is 17.4 Å². The van der Waals surface area contributed by atoms with Crippen molar-refractivity contribution in [3.05, 3.63) is 0 Å². The van der Waals surface area contributed by atoms with Crippen LogP contribution >= 0.6 is 0 Å². The predicted octanol–water partition coefficient (Wildman–Crippen LogP) is 1.47. The summed E-state index contributed by atoms with van der Waals surface area (Å²) in [6.07, 6.45) is 6.10. The molecule has 1 unspecified atom stereocenters. The Morgan fingerprint density at radius 2 is 2.14 bits per heavy atom. The van der Waals surface area contributed by atoms with E-state index in [9.17, 15) is 4.79 Å². The summed E-state index contributed by atoms with van der Waals surface area (Å²) in [4.78, 5) is 11.7. The van der Waals surface area contributed by atoms with Gasteiger partial charge in [0, 0.05) is 0 Å². The molecule has 1 saturated carbocycles. The topological polar surface area (TPSA) is 38.3 Å². The maximum absolute atomic E-state index is 11.7. The van der Waals surface area contributed by atoms with Gasteiger partial charge in [-0.15, -0.1) is 0 Å². The average molecular weight is 197 g/mol. The number of ether oxygens (including phenoxy) is 1. The Balaban J connectivity index is 2.06. The van der Waals surface area contributed by atoms with Gasteiger partial charge in [-0.25, -0.2) is 0 Å². The van der Waals surface area contributed by atoms with Crippen molar-refractivity contribution in [1.82, 2.24) is 5.32 Å². The van der Waals surface area contributed by atoms with E-state index in [1.807, 2.05) is 6.92 Å². The van der Waals surface area contributed by atoms with Gasteiger partial charge in [0.25, 0.3) is 0 Å². The molecule has 0 aromatic carbocycles. The molecule has 1 aliphatic heterocycles. The Morgan fingerprint density at radius 1 is 1.43 bits per heavy atom. The third-order valence-electron chi connectivity index (χ3n) is 3.71. The van der Waals surface area contributed by atoms with Gasteiger partial charge in [0.2, 0.25) is 0 Å². The van der Waals surface area contributed by atoms with E-state index in [0.29, 0.717) is 6.61 Å². The first-order valence-corrected chi connectivity index (χ1v) is 5.68. The Kier molecular flexibility index (Phi) is 2.77. The molecule has 3 heteroatoms. The molecule has 1 saturated heterocycles. The smallest absolute Gasteiger partial charge is 0.323 e. The summed E-state index contributed by atoms with van der Waals surface area (Å²) >= 11 is 0. The molecule has 2 aliphatic rings. The zero-order valence-electron chi connectivity index (χ0n) is 8.84. The van der Waals surface area contributed by atoms with Crippen LogP contribution in [0.5, 0.6) is 0 Å². The van der Waals surface area contributed by atoms with Crippen LogP contribution in [0.25, 0.3) is 0 Å². The van der Waals surface area contributed by atoms with Crippen molar-refractivity contribution in [3.63, 3.8) is 0 Å². The summed E-state index contributed by atoms with van der Waals surface area (Å²) in [7, 11) is 0. The lowest BCUT2D eigenvalue weighted by Crippen LogP contribution is -2.43. The quantitative estimate of drug-likeness (QED) is 0.681. The lowest BCUT2D eigenvalue weighted by molar-refractivity contribution is -0.148. The number of esters is 1. The molecule has 0 aromatic heterocycles. The molecule has 14 heavy (non-hydrogen) atoms. The maximum atomic E-state index is 11.7. The Bertz CT molecular complexity index is 216. The van der Waals surface area contributed by atoms with Crippen molar-refractivity contribution in [2.75, 3.05) is 13.2 Å². The monoisotopic (exact) mass is 197 g/mol. The minimum absolute atomic E-state index is 0.0232. The fourth-order valence-electron chi connectivity index (χ4n) is 3.00. The van der Waals surface area contributed by atoms with Crippen molar-refractivity contribution < 1.29 is 9.53 Å². The van der Waals surface area contributed by atoms with Gasteiger partial charge in [-0.05, 0) is 38.1 Å². The van der Waals surface area contributed by atoms with Crippen LogP contribution < -0.4 is 5.32 Å². The lowest BCUT2D eigenvalue weighted by Gasteiger charge is -2.28. The second-order valence-electron chi connectivity index (χ2n) is 4.46. The second-order valence-corrected chi connectivity index (χ2v) is 4.46. The molecule has 0 bridgehead atoms. The number of carbonyl (C=O) groups is 1. The number of hydrogen-bond donors (Lipinski definition) is 1. The summed E-state index contributed by atoms with van der Waals surface area (Å²) in [5.74, 6) is -0.0353. The molecule has 2 fully saturated rings. The minimum atomic E-state index is -0.0353. The van der Waals surface area contributed by atoms with E-state index in [0.717, 1.165) is 13.0 Å². The summed E-state index contributed by atoms with van der Waals surface area (Å²) in [5.41, 5.74) is 0.242. The van der Waals surface area contributed by atoms with Gasteiger partial charge >= 0.3 is 5.97 Å². The highest BCUT2D eigenvalue weighted by Gasteiger charge is 2.48. The van der Waals surface area contributed by atoms with Crippen LogP contribution in [-0.4, -0.2) is 25.2 Å². The van der Waals surface area contributed by atoms with E-state index in [1.54, 1.807) is 0 Å². The van der Waals surface area contributed by atoms with Crippen molar-refractivity contribution in [1.29, 1.82) is 0 Å². The Hall–Kier alpha value is -0.570. The third kappa shape index (κ3) is 1.54. The first kappa shape index (κ1) is 9.97. The zero-order valence-corrected chi connectivity index (χ0v) is 8.84. The van der Waals surface area contributed by atoms with Gasteiger partial charge in [-0.3, -0.25) is 4.79 Å². The minimum Gasteiger partial charge on any atom is -0.465 e. The Morgan fingerprint density at radius 3 is 2.79 bits per heavy atom. The number of hydrogen-bond acceptors (Lipinski definition) is 3. The number of carbonyl (C=O) groups excluding carboxylic acids is 1. The van der Waals surface area contributed by atoms with Gasteiger partial charge in [0.05, 0.1) is 6.61 Å². The van der Waals surface area contributed by atoms with Crippen molar-refractivity contribution in [2.45, 2.75) is 45.1 Å². The summed E-state index contributed by atoms with van der Waals surface area (Å²) in [5, 5.41) is 3.30. The fourth-order valence-corrected chi connectivity index (χ4v) is 3.00. The van der Waals surface area contributed by atoms with Gasteiger partial charge < -0.3 is 10.1 Å². The van der Waals surface area contributed by atoms with Crippen LogP contribution in [0.4, 0.5) is 0 Å². The van der Waals surface area contributed by atoms with E-state index in [4.69, 9.17) is 4.74 Å². The first-order valence-electron chi connectivity index (χ1n) is 5.68. The van der Waals surface area contributed by atoms with Gasteiger partial charge in [-0.1, -0.05) is 12.8 Å². The highest BCUT2D eigenvalue weighted by molar-refractivity contribution is 5.77. The van der Waals surface area contributed by atoms with Gasteiger partial charge in [-0.2, -0.15) is 0 Å². The van der Waals surface area contributed by atoms with E-state index >= 15 is 0 Å². The normalized spacial score (nSPS) is 29.6. The number of rotatable bonds is 2. The first-order chi connectivity index (χ1) is 6.78. The Labute approximate surface area is 85.2 Å². The van der Waals surface area contributed by atoms with Crippen LogP contribution in [0.15, 0.2) is 0 Å². The van der Waals surface area contributed by atoms with Crippen LogP contribution in [0.3, 0.4) is 0 Å². The SMILES string of the molecule is CCOC(=O)C1NCCC12CCCC2. The van der Waals surface area contributed by atoms with E-state index in [2.05, 4.69) is 5.32 Å². The highest BCUT2D eigenvalue weighted by atomic mass is 16.5. The molecule has 1 atom stereocenters. The molecule has 3 nitrogen and oxygen atoms in total. The van der Waals surface area contributed by atoms with E-state index in [1.165, 1.54) is 25.7 Å². The largest absolute Gasteiger partial charge is 0.465 e. The van der Waals surface area contributed by atoms with Crippen LogP contribution in [0, 0.1) is 5.41 Å². The molecular weight excluding hydrogens is 178 g/mol. The van der Waals surface area contributed by atoms with E-state index < -0.39 is 0 Å². The van der Waals surface area contributed by atoms with Crippen molar-refractivity contribution in [2.24, 2.45) is 5.41 Å². The highest BCUT2D eigenvalue weighted by Crippen LogP contribution is 2.46. The third-order valence-corrected chi connectivity index (χ3v) is 3.71. The molecule has 1 N–H and O–H groups in total. The summed E-state index contributed by atoms with van der Waals surface area (Å²) in [6.45, 7) is 3.34. The number of nitrogens with one attached hydrogen (secondary N) is 1. The molecule has 0 radical (unpaired) electrons. The molecule has 1 aliphatic carbocycles. The maximum Gasteiger partial charge on any atom is 0.323 e. The van der Waals surface area contributed by atoms with Crippen LogP contribution in [0.2, 0.25) is 0 Å². The van der Waals surface area contributed by atoms with Crippen molar-refractivity contribution >= 4 is 5.97 Å². The molecular formula is C11H19NO2. The lowest BCUT2D eigenvalue weighted by atomic mass is 9.79. The summed E-state index contributed by atoms with van der Waals surface area (Å²) in [6, 6.07) is -0.0232. The zero-order chi connectivity index (χ0) is 10.0. The fraction of sp³-hybridized carbons (Fsp3) is 0.909. The molecule has 1 heterocycles. The van der Waals surface area contributed by atoms with Gasteiger partial charge in [0.1, 0.15) is 6.04 Å². The average Bonchev–Trinajstić information content (AvgIpc) is 2.78. The molecule has 80 valence electrons. The van der Waals surface area contributed by atoms with Gasteiger partial charge in [0.15, 0.2) is 0 Å².